The zero-order valence-corrected chi connectivity index (χ0v) is 12.1. The minimum absolute atomic E-state index is 0.127. The number of hydrazine groups is 1. The highest BCUT2D eigenvalue weighted by molar-refractivity contribution is 14.1. The number of hydrogen-bond donors (Lipinski definition) is 2. The summed E-state index contributed by atoms with van der Waals surface area (Å²) in [5.41, 5.74) is 6.05. The maximum absolute atomic E-state index is 12.9. The van der Waals surface area contributed by atoms with Crippen molar-refractivity contribution in [1.82, 2.24) is 5.43 Å². The summed E-state index contributed by atoms with van der Waals surface area (Å²) in [4.78, 5) is 0. The molecule has 0 aliphatic rings. The van der Waals surface area contributed by atoms with Crippen LogP contribution in [0.3, 0.4) is 0 Å². The molecule has 0 saturated heterocycles. The second-order valence-corrected chi connectivity index (χ2v) is 5.21. The lowest BCUT2D eigenvalue weighted by atomic mass is 9.98. The molecule has 18 heavy (non-hydrogen) atoms. The molecule has 0 aliphatic heterocycles. The summed E-state index contributed by atoms with van der Waals surface area (Å²) < 4.78 is 14.1. The fourth-order valence-electron chi connectivity index (χ4n) is 1.91. The lowest BCUT2D eigenvalue weighted by molar-refractivity contribution is 0.614. The van der Waals surface area contributed by atoms with Crippen LogP contribution in [-0.2, 0) is 0 Å². The molecule has 4 heteroatoms. The molecule has 0 bridgehead atoms. The topological polar surface area (TPSA) is 38.0 Å². The van der Waals surface area contributed by atoms with Crippen LogP contribution < -0.4 is 11.3 Å². The molecule has 1 unspecified atom stereocenters. The number of nitrogens with one attached hydrogen (secondary N) is 1. The van der Waals surface area contributed by atoms with E-state index in [-0.39, 0.29) is 11.9 Å². The third-order valence-corrected chi connectivity index (χ3v) is 4.38. The smallest absolute Gasteiger partial charge is 0.123 e. The fourth-order valence-corrected chi connectivity index (χ4v) is 2.58. The van der Waals surface area contributed by atoms with Crippen LogP contribution in [0.5, 0.6) is 0 Å². The van der Waals surface area contributed by atoms with E-state index in [9.17, 15) is 4.39 Å². The molecular formula is C14H14FIN2. The van der Waals surface area contributed by atoms with Crippen LogP contribution in [0.2, 0.25) is 0 Å². The summed E-state index contributed by atoms with van der Waals surface area (Å²) in [5.74, 6) is 5.40. The second-order valence-electron chi connectivity index (χ2n) is 4.13. The van der Waals surface area contributed by atoms with Crippen molar-refractivity contribution in [2.24, 2.45) is 5.84 Å². The van der Waals surface area contributed by atoms with Crippen molar-refractivity contribution in [2.75, 3.05) is 0 Å². The van der Waals surface area contributed by atoms with E-state index in [1.165, 1.54) is 21.3 Å². The molecule has 94 valence electrons. The number of benzene rings is 2. The van der Waals surface area contributed by atoms with Gasteiger partial charge >= 0.3 is 0 Å². The average molecular weight is 356 g/mol. The highest BCUT2D eigenvalue weighted by atomic mass is 127. The lowest BCUT2D eigenvalue weighted by Crippen LogP contribution is -2.29. The normalized spacial score (nSPS) is 12.4. The first-order valence-corrected chi connectivity index (χ1v) is 6.68. The molecule has 0 radical (unpaired) electrons. The molecule has 0 aromatic heterocycles. The first kappa shape index (κ1) is 13.5. The molecule has 0 amide bonds. The van der Waals surface area contributed by atoms with Gasteiger partial charge in [-0.1, -0.05) is 30.3 Å². The van der Waals surface area contributed by atoms with E-state index in [2.05, 4.69) is 41.0 Å². The predicted octanol–water partition coefficient (Wildman–Crippen LogP) is 3.29. The van der Waals surface area contributed by atoms with Crippen molar-refractivity contribution in [3.63, 3.8) is 0 Å². The summed E-state index contributed by atoms with van der Waals surface area (Å²) in [6.45, 7) is 2.06. The molecule has 0 saturated carbocycles. The lowest BCUT2D eigenvalue weighted by Gasteiger charge is -2.19. The minimum atomic E-state index is -0.242. The van der Waals surface area contributed by atoms with Crippen LogP contribution in [-0.4, -0.2) is 0 Å². The molecule has 2 rings (SSSR count). The van der Waals surface area contributed by atoms with Crippen LogP contribution >= 0.6 is 22.6 Å². The summed E-state index contributed by atoms with van der Waals surface area (Å²) in [7, 11) is 0. The van der Waals surface area contributed by atoms with Crippen molar-refractivity contribution in [2.45, 2.75) is 13.0 Å². The molecule has 0 heterocycles. The molecule has 0 fully saturated rings. The number of aryl methyl sites for hydroxylation is 1. The van der Waals surface area contributed by atoms with Gasteiger partial charge in [-0.05, 0) is 58.3 Å². The van der Waals surface area contributed by atoms with Crippen molar-refractivity contribution >= 4 is 22.6 Å². The third-order valence-electron chi connectivity index (χ3n) is 2.90. The number of rotatable bonds is 3. The summed E-state index contributed by atoms with van der Waals surface area (Å²) >= 11 is 2.31. The summed E-state index contributed by atoms with van der Waals surface area (Å²) in [6.07, 6.45) is 0. The zero-order chi connectivity index (χ0) is 13.1. The number of halogens is 2. The van der Waals surface area contributed by atoms with Gasteiger partial charge in [-0.3, -0.25) is 5.84 Å². The molecule has 2 aromatic carbocycles. The molecule has 2 nitrogen and oxygen atoms in total. The Morgan fingerprint density at radius 1 is 1.17 bits per heavy atom. The van der Waals surface area contributed by atoms with Crippen LogP contribution in [0.25, 0.3) is 0 Å². The van der Waals surface area contributed by atoms with Gasteiger partial charge in [-0.2, -0.15) is 0 Å². The standard InChI is InChI=1S/C14H14FIN2/c1-9-3-2-4-12(13(9)16)14(18-17)10-5-7-11(15)8-6-10/h2-8,14,18H,17H2,1H3. The fraction of sp³-hybridized carbons (Fsp3) is 0.143. The van der Waals surface area contributed by atoms with Crippen LogP contribution in [0.1, 0.15) is 22.7 Å². The molecular weight excluding hydrogens is 342 g/mol. The van der Waals surface area contributed by atoms with E-state index in [0.29, 0.717) is 0 Å². The Labute approximate surface area is 120 Å². The second kappa shape index (κ2) is 5.77. The van der Waals surface area contributed by atoms with Gasteiger partial charge < -0.3 is 0 Å². The van der Waals surface area contributed by atoms with E-state index < -0.39 is 0 Å². The van der Waals surface area contributed by atoms with Crippen molar-refractivity contribution in [3.05, 3.63) is 68.5 Å². The minimum Gasteiger partial charge on any atom is -0.271 e. The van der Waals surface area contributed by atoms with E-state index in [0.717, 1.165) is 11.1 Å². The molecule has 0 spiro atoms. The van der Waals surface area contributed by atoms with Gasteiger partial charge in [0.05, 0.1) is 6.04 Å². The van der Waals surface area contributed by atoms with Crippen LogP contribution in [0.4, 0.5) is 4.39 Å². The Balaban J connectivity index is 2.45. The third kappa shape index (κ3) is 2.71. The Hall–Kier alpha value is -0.980. The van der Waals surface area contributed by atoms with Crippen molar-refractivity contribution < 1.29 is 4.39 Å². The van der Waals surface area contributed by atoms with E-state index in [1.807, 2.05) is 12.1 Å². The highest BCUT2D eigenvalue weighted by Gasteiger charge is 2.16. The first-order valence-electron chi connectivity index (χ1n) is 5.60. The van der Waals surface area contributed by atoms with E-state index in [4.69, 9.17) is 5.84 Å². The monoisotopic (exact) mass is 356 g/mol. The molecule has 0 aliphatic carbocycles. The van der Waals surface area contributed by atoms with Gasteiger partial charge in [0.2, 0.25) is 0 Å². The van der Waals surface area contributed by atoms with E-state index >= 15 is 0 Å². The molecule has 3 N–H and O–H groups in total. The van der Waals surface area contributed by atoms with Crippen LogP contribution in [0.15, 0.2) is 42.5 Å². The number of nitrogens with two attached hydrogens (primary N) is 1. The van der Waals surface area contributed by atoms with E-state index in [1.54, 1.807) is 12.1 Å². The first-order chi connectivity index (χ1) is 8.63. The summed E-state index contributed by atoms with van der Waals surface area (Å²) in [5, 5.41) is 0. The Morgan fingerprint density at radius 3 is 2.44 bits per heavy atom. The highest BCUT2D eigenvalue weighted by Crippen LogP contribution is 2.27. The Morgan fingerprint density at radius 2 is 1.83 bits per heavy atom. The van der Waals surface area contributed by atoms with Gasteiger partial charge in [0.1, 0.15) is 5.82 Å². The van der Waals surface area contributed by atoms with Gasteiger partial charge in [0, 0.05) is 3.57 Å². The average Bonchev–Trinajstić information content (AvgIpc) is 2.37. The maximum atomic E-state index is 12.9. The van der Waals surface area contributed by atoms with Crippen molar-refractivity contribution in [1.29, 1.82) is 0 Å². The largest absolute Gasteiger partial charge is 0.271 e. The van der Waals surface area contributed by atoms with Gasteiger partial charge in [0.15, 0.2) is 0 Å². The van der Waals surface area contributed by atoms with Crippen LogP contribution in [0, 0.1) is 16.3 Å². The van der Waals surface area contributed by atoms with Gasteiger partial charge in [-0.25, -0.2) is 9.82 Å². The van der Waals surface area contributed by atoms with Crippen molar-refractivity contribution in [3.8, 4) is 0 Å². The van der Waals surface area contributed by atoms with Gasteiger partial charge in [0.25, 0.3) is 0 Å². The van der Waals surface area contributed by atoms with Gasteiger partial charge in [-0.15, -0.1) is 0 Å². The SMILES string of the molecule is Cc1cccc(C(NN)c2ccc(F)cc2)c1I. The number of hydrogen-bond acceptors (Lipinski definition) is 2. The summed E-state index contributed by atoms with van der Waals surface area (Å²) in [6, 6.07) is 12.4. The quantitative estimate of drug-likeness (QED) is 0.503. The Bertz CT molecular complexity index is 540. The zero-order valence-electron chi connectivity index (χ0n) is 9.95. The maximum Gasteiger partial charge on any atom is 0.123 e. The predicted molar refractivity (Wildman–Crippen MR) is 79.5 cm³/mol. The molecule has 1 atom stereocenters. The molecule has 2 aromatic rings. The Kier molecular flexibility index (Phi) is 4.31.